The zero-order valence-electron chi connectivity index (χ0n) is 12.9. The average Bonchev–Trinajstić information content (AvgIpc) is 2.24. The molecule has 3 heteroatoms. The van der Waals surface area contributed by atoms with Crippen LogP contribution in [0.4, 0.5) is 0 Å². The van der Waals surface area contributed by atoms with Gasteiger partial charge in [0, 0.05) is 18.9 Å². The molecule has 0 amide bonds. The highest BCUT2D eigenvalue weighted by Crippen LogP contribution is 2.36. The summed E-state index contributed by atoms with van der Waals surface area (Å²) in [4.78, 5) is 0. The number of aliphatic hydroxyl groups excluding tert-OH is 1. The SMILES string of the molecule is C#CCCC[C@@H](O)[C@@H](C)CO[Si](C)(C)C(C)(C)C. The molecule has 0 spiro atoms. The van der Waals surface area contributed by atoms with Crippen LogP contribution in [0.25, 0.3) is 0 Å². The molecule has 0 aliphatic carbocycles. The molecule has 1 N–H and O–H groups in total. The molecule has 18 heavy (non-hydrogen) atoms. The molecular weight excluding hydrogens is 240 g/mol. The summed E-state index contributed by atoms with van der Waals surface area (Å²) in [7, 11) is -1.70. The van der Waals surface area contributed by atoms with E-state index in [-0.39, 0.29) is 17.1 Å². The van der Waals surface area contributed by atoms with Gasteiger partial charge >= 0.3 is 0 Å². The second-order valence-electron chi connectivity index (χ2n) is 6.71. The Labute approximate surface area is 114 Å². The van der Waals surface area contributed by atoms with Gasteiger partial charge in [0.2, 0.25) is 0 Å². The van der Waals surface area contributed by atoms with Crippen LogP contribution >= 0.6 is 0 Å². The van der Waals surface area contributed by atoms with E-state index >= 15 is 0 Å². The molecule has 0 aliphatic heterocycles. The van der Waals surface area contributed by atoms with Gasteiger partial charge in [0.05, 0.1) is 6.10 Å². The first kappa shape index (κ1) is 17.7. The summed E-state index contributed by atoms with van der Waals surface area (Å²) in [5.74, 6) is 2.78. The molecule has 0 fully saturated rings. The van der Waals surface area contributed by atoms with Crippen LogP contribution in [0, 0.1) is 18.3 Å². The summed E-state index contributed by atoms with van der Waals surface area (Å²) in [5.41, 5.74) is 0. The van der Waals surface area contributed by atoms with E-state index in [1.807, 2.05) is 6.92 Å². The summed E-state index contributed by atoms with van der Waals surface area (Å²) in [6, 6.07) is 0. The van der Waals surface area contributed by atoms with Crippen LogP contribution in [0.2, 0.25) is 18.1 Å². The fourth-order valence-electron chi connectivity index (χ4n) is 1.37. The van der Waals surface area contributed by atoms with E-state index in [2.05, 4.69) is 39.8 Å². The van der Waals surface area contributed by atoms with Crippen molar-refractivity contribution in [1.29, 1.82) is 0 Å². The van der Waals surface area contributed by atoms with Crippen LogP contribution in [0.3, 0.4) is 0 Å². The first-order valence-electron chi connectivity index (χ1n) is 6.87. The van der Waals surface area contributed by atoms with Crippen molar-refractivity contribution < 1.29 is 9.53 Å². The summed E-state index contributed by atoms with van der Waals surface area (Å²) < 4.78 is 6.12. The highest BCUT2D eigenvalue weighted by molar-refractivity contribution is 6.74. The van der Waals surface area contributed by atoms with Crippen LogP contribution in [0.15, 0.2) is 0 Å². The Morgan fingerprint density at radius 3 is 2.33 bits per heavy atom. The van der Waals surface area contributed by atoms with Crippen LogP contribution in [-0.4, -0.2) is 26.1 Å². The van der Waals surface area contributed by atoms with Gasteiger partial charge in [-0.05, 0) is 31.0 Å². The van der Waals surface area contributed by atoms with Gasteiger partial charge in [-0.3, -0.25) is 0 Å². The molecule has 0 bridgehead atoms. The van der Waals surface area contributed by atoms with E-state index in [1.54, 1.807) is 0 Å². The molecule has 2 nitrogen and oxygen atoms in total. The Balaban J connectivity index is 4.10. The largest absolute Gasteiger partial charge is 0.416 e. The van der Waals surface area contributed by atoms with Gasteiger partial charge in [0.1, 0.15) is 0 Å². The molecule has 2 atom stereocenters. The third kappa shape index (κ3) is 6.04. The number of terminal acetylenes is 1. The van der Waals surface area contributed by atoms with Crippen molar-refractivity contribution in [3.63, 3.8) is 0 Å². The van der Waals surface area contributed by atoms with E-state index < -0.39 is 8.32 Å². The summed E-state index contributed by atoms with van der Waals surface area (Å²) in [5, 5.41) is 10.2. The van der Waals surface area contributed by atoms with Crippen molar-refractivity contribution in [2.45, 2.75) is 71.2 Å². The molecule has 0 saturated carbocycles. The smallest absolute Gasteiger partial charge is 0.191 e. The zero-order chi connectivity index (χ0) is 14.4. The molecule has 0 radical (unpaired) electrons. The van der Waals surface area contributed by atoms with Gasteiger partial charge < -0.3 is 9.53 Å². The van der Waals surface area contributed by atoms with Crippen molar-refractivity contribution in [2.75, 3.05) is 6.61 Å². The molecule has 0 saturated heterocycles. The Bertz CT molecular complexity index is 273. The lowest BCUT2D eigenvalue weighted by Gasteiger charge is -2.37. The topological polar surface area (TPSA) is 29.5 Å². The molecule has 106 valence electrons. The van der Waals surface area contributed by atoms with E-state index in [0.29, 0.717) is 6.61 Å². The van der Waals surface area contributed by atoms with E-state index in [4.69, 9.17) is 10.8 Å². The first-order chi connectivity index (χ1) is 8.12. The Hall–Kier alpha value is -0.303. The highest BCUT2D eigenvalue weighted by atomic mass is 28.4. The average molecular weight is 270 g/mol. The van der Waals surface area contributed by atoms with Gasteiger partial charge in [-0.15, -0.1) is 12.3 Å². The second kappa shape index (κ2) is 7.33. The molecular formula is C15H30O2Si. The van der Waals surface area contributed by atoms with Crippen LogP contribution in [0.5, 0.6) is 0 Å². The fraction of sp³-hybridized carbons (Fsp3) is 0.867. The maximum atomic E-state index is 10.0. The number of hydrogen-bond donors (Lipinski definition) is 1. The molecule has 0 aromatic carbocycles. The minimum atomic E-state index is -1.70. The van der Waals surface area contributed by atoms with Gasteiger partial charge in [0.15, 0.2) is 8.32 Å². The first-order valence-corrected chi connectivity index (χ1v) is 9.78. The highest BCUT2D eigenvalue weighted by Gasteiger charge is 2.37. The van der Waals surface area contributed by atoms with Crippen molar-refractivity contribution in [3.8, 4) is 12.3 Å². The van der Waals surface area contributed by atoms with Crippen LogP contribution < -0.4 is 0 Å². The standard InChI is InChI=1S/C15H30O2Si/c1-8-9-10-11-14(16)13(2)12-17-18(6,7)15(3,4)5/h1,13-14,16H,9-12H2,2-7H3/t13-,14+/m0/s1. The number of rotatable bonds is 7. The fourth-order valence-corrected chi connectivity index (χ4v) is 2.48. The number of aliphatic hydroxyl groups is 1. The van der Waals surface area contributed by atoms with Crippen LogP contribution in [-0.2, 0) is 4.43 Å². The van der Waals surface area contributed by atoms with Crippen LogP contribution in [0.1, 0.15) is 47.0 Å². The Morgan fingerprint density at radius 2 is 1.89 bits per heavy atom. The Morgan fingerprint density at radius 1 is 1.33 bits per heavy atom. The van der Waals surface area contributed by atoms with Gasteiger partial charge in [-0.2, -0.15) is 0 Å². The number of hydrogen-bond acceptors (Lipinski definition) is 2. The zero-order valence-corrected chi connectivity index (χ0v) is 13.9. The molecule has 0 aliphatic rings. The molecule has 0 unspecified atom stereocenters. The Kier molecular flexibility index (Phi) is 7.20. The third-order valence-corrected chi connectivity index (χ3v) is 8.49. The molecule has 0 rings (SSSR count). The van der Waals surface area contributed by atoms with Gasteiger partial charge in [-0.25, -0.2) is 0 Å². The predicted octanol–water partition coefficient (Wildman–Crippen LogP) is 3.81. The van der Waals surface area contributed by atoms with Crippen molar-refractivity contribution in [2.24, 2.45) is 5.92 Å². The van der Waals surface area contributed by atoms with Gasteiger partial charge in [-0.1, -0.05) is 27.7 Å². The maximum absolute atomic E-state index is 10.0. The minimum Gasteiger partial charge on any atom is -0.416 e. The summed E-state index contributed by atoms with van der Waals surface area (Å²) >= 11 is 0. The summed E-state index contributed by atoms with van der Waals surface area (Å²) in [6.45, 7) is 13.9. The predicted molar refractivity (Wildman–Crippen MR) is 81.0 cm³/mol. The van der Waals surface area contributed by atoms with Crippen molar-refractivity contribution in [3.05, 3.63) is 0 Å². The second-order valence-corrected chi connectivity index (χ2v) is 11.5. The summed E-state index contributed by atoms with van der Waals surface area (Å²) in [6.07, 6.45) is 7.30. The lowest BCUT2D eigenvalue weighted by atomic mass is 10.0. The normalized spacial score (nSPS) is 16.1. The number of unbranched alkanes of at least 4 members (excludes halogenated alkanes) is 1. The maximum Gasteiger partial charge on any atom is 0.191 e. The quantitative estimate of drug-likeness (QED) is 0.433. The van der Waals surface area contributed by atoms with Crippen molar-refractivity contribution >= 4 is 8.32 Å². The minimum absolute atomic E-state index is 0.178. The molecule has 0 aromatic heterocycles. The molecule has 0 aromatic rings. The third-order valence-electron chi connectivity index (χ3n) is 3.99. The monoisotopic (exact) mass is 270 g/mol. The van der Waals surface area contributed by atoms with Gasteiger partial charge in [0.25, 0.3) is 0 Å². The van der Waals surface area contributed by atoms with Crippen molar-refractivity contribution in [1.82, 2.24) is 0 Å². The van der Waals surface area contributed by atoms with E-state index in [1.165, 1.54) is 0 Å². The van der Waals surface area contributed by atoms with E-state index in [9.17, 15) is 5.11 Å². The lowest BCUT2D eigenvalue weighted by molar-refractivity contribution is 0.0723. The van der Waals surface area contributed by atoms with E-state index in [0.717, 1.165) is 19.3 Å². The molecule has 0 heterocycles. The lowest BCUT2D eigenvalue weighted by Crippen LogP contribution is -2.42.